The lowest BCUT2D eigenvalue weighted by Crippen LogP contribution is -2.33. The minimum atomic E-state index is 0.0162. The summed E-state index contributed by atoms with van der Waals surface area (Å²) in [4.78, 5) is 10.2. The van der Waals surface area contributed by atoms with Gasteiger partial charge in [-0.05, 0) is 0 Å². The largest absolute Gasteiger partial charge is 0.292 e. The molecule has 0 radical (unpaired) electrons. The van der Waals surface area contributed by atoms with Gasteiger partial charge in [-0.2, -0.15) is 0 Å². The number of rotatable bonds is 2. The smallest absolute Gasteiger partial charge is 0.233 e. The number of carbonyl (C=O) groups excluding carboxylic acids is 1. The molecule has 0 aromatic heterocycles. The normalized spacial score (nSPS) is 8.29. The highest BCUT2D eigenvalue weighted by Gasteiger charge is 1.88. The first kappa shape index (κ1) is 6.43. The molecule has 0 bridgehead atoms. The molecule has 0 heterocycles. The van der Waals surface area contributed by atoms with Crippen molar-refractivity contribution in [2.24, 2.45) is 0 Å². The minimum Gasteiger partial charge on any atom is -0.292 e. The van der Waals surface area contributed by atoms with E-state index in [2.05, 4.69) is 10.9 Å². The molecular weight excluding hydrogens is 92.1 g/mol. The second kappa shape index (κ2) is 3.61. The first-order valence-electron chi connectivity index (χ1n) is 2.26. The molecule has 0 saturated heterocycles. The van der Waals surface area contributed by atoms with Crippen LogP contribution in [-0.4, -0.2) is 13.0 Å². The van der Waals surface area contributed by atoms with E-state index in [0.717, 1.165) is 0 Å². The van der Waals surface area contributed by atoms with Gasteiger partial charge in [-0.25, -0.2) is 5.43 Å². The van der Waals surface area contributed by atoms with E-state index < -0.39 is 0 Å². The number of carbonyl (C=O) groups is 1. The zero-order chi connectivity index (χ0) is 5.70. The molecule has 0 aromatic rings. The first-order valence-corrected chi connectivity index (χ1v) is 2.26. The van der Waals surface area contributed by atoms with E-state index in [1.807, 2.05) is 0 Å². The highest BCUT2D eigenvalue weighted by atomic mass is 16.2. The number of amides is 1. The summed E-state index contributed by atoms with van der Waals surface area (Å²) in [6.07, 6.45) is 0.529. The summed E-state index contributed by atoms with van der Waals surface area (Å²) in [5, 5.41) is 0. The van der Waals surface area contributed by atoms with Crippen molar-refractivity contribution in [3.63, 3.8) is 0 Å². The summed E-state index contributed by atoms with van der Waals surface area (Å²) in [7, 11) is 1.66. The molecule has 1 amide bonds. The van der Waals surface area contributed by atoms with E-state index in [0.29, 0.717) is 6.42 Å². The third-order valence-electron chi connectivity index (χ3n) is 0.586. The van der Waals surface area contributed by atoms with Gasteiger partial charge < -0.3 is 0 Å². The van der Waals surface area contributed by atoms with Crippen molar-refractivity contribution in [3.8, 4) is 0 Å². The molecule has 0 rings (SSSR count). The third-order valence-corrected chi connectivity index (χ3v) is 0.586. The van der Waals surface area contributed by atoms with Crippen LogP contribution < -0.4 is 10.9 Å². The summed E-state index contributed by atoms with van der Waals surface area (Å²) in [5.74, 6) is 0.0162. The van der Waals surface area contributed by atoms with Crippen molar-refractivity contribution in [3.05, 3.63) is 0 Å². The Bertz CT molecular complexity index is 62.7. The van der Waals surface area contributed by atoms with E-state index in [1.165, 1.54) is 0 Å². The maximum Gasteiger partial charge on any atom is 0.233 e. The van der Waals surface area contributed by atoms with Crippen molar-refractivity contribution in [2.75, 3.05) is 7.05 Å². The maximum atomic E-state index is 10.2. The van der Waals surface area contributed by atoms with Crippen LogP contribution in [0, 0.1) is 0 Å². The van der Waals surface area contributed by atoms with Gasteiger partial charge in [0.2, 0.25) is 5.91 Å². The molecule has 0 aromatic carbocycles. The molecule has 3 nitrogen and oxygen atoms in total. The van der Waals surface area contributed by atoms with Crippen LogP contribution in [0.3, 0.4) is 0 Å². The standard InChI is InChI=1S/C4H10N2O/c1-3-4(7)6-5-2/h5H,3H2,1-2H3,(H,6,7). The highest BCUT2D eigenvalue weighted by Crippen LogP contribution is 1.68. The minimum absolute atomic E-state index is 0.0162. The zero-order valence-electron chi connectivity index (χ0n) is 4.62. The monoisotopic (exact) mass is 102 g/mol. The van der Waals surface area contributed by atoms with Crippen LogP contribution in [0.25, 0.3) is 0 Å². The number of nitrogens with one attached hydrogen (secondary N) is 2. The van der Waals surface area contributed by atoms with E-state index in [4.69, 9.17) is 0 Å². The lowest BCUT2D eigenvalue weighted by atomic mass is 10.5. The fourth-order valence-corrected chi connectivity index (χ4v) is 0.228. The van der Waals surface area contributed by atoms with Crippen LogP contribution in [0.15, 0.2) is 0 Å². The Hall–Kier alpha value is -0.570. The van der Waals surface area contributed by atoms with Gasteiger partial charge in [-0.15, -0.1) is 0 Å². The molecule has 0 atom stereocenters. The first-order chi connectivity index (χ1) is 3.31. The van der Waals surface area contributed by atoms with E-state index in [9.17, 15) is 4.79 Å². The van der Waals surface area contributed by atoms with E-state index >= 15 is 0 Å². The Kier molecular flexibility index (Phi) is 3.32. The van der Waals surface area contributed by atoms with E-state index in [1.54, 1.807) is 14.0 Å². The Balaban J connectivity index is 3.00. The second-order valence-corrected chi connectivity index (χ2v) is 1.15. The van der Waals surface area contributed by atoms with Crippen LogP contribution in [0.4, 0.5) is 0 Å². The SMILES string of the molecule is CCC(=O)NNC. The topological polar surface area (TPSA) is 41.1 Å². The number of hydrazine groups is 1. The lowest BCUT2D eigenvalue weighted by Gasteiger charge is -1.95. The van der Waals surface area contributed by atoms with Crippen LogP contribution >= 0.6 is 0 Å². The fourth-order valence-electron chi connectivity index (χ4n) is 0.228. The maximum absolute atomic E-state index is 10.2. The van der Waals surface area contributed by atoms with Crippen LogP contribution in [0.1, 0.15) is 13.3 Å². The van der Waals surface area contributed by atoms with Crippen molar-refractivity contribution < 1.29 is 4.79 Å². The van der Waals surface area contributed by atoms with Crippen molar-refractivity contribution >= 4 is 5.91 Å². The third kappa shape index (κ3) is 3.26. The highest BCUT2D eigenvalue weighted by molar-refractivity contribution is 5.74. The van der Waals surface area contributed by atoms with Crippen LogP contribution in [-0.2, 0) is 4.79 Å². The molecule has 3 heteroatoms. The predicted molar refractivity (Wildman–Crippen MR) is 27.5 cm³/mol. The molecule has 7 heavy (non-hydrogen) atoms. The molecule has 0 unspecified atom stereocenters. The average Bonchev–Trinajstić information content (AvgIpc) is 1.68. The Labute approximate surface area is 43.1 Å². The van der Waals surface area contributed by atoms with Crippen LogP contribution in [0.2, 0.25) is 0 Å². The van der Waals surface area contributed by atoms with Crippen LogP contribution in [0.5, 0.6) is 0 Å². The quantitative estimate of drug-likeness (QED) is 0.468. The van der Waals surface area contributed by atoms with Gasteiger partial charge in [0.1, 0.15) is 0 Å². The van der Waals surface area contributed by atoms with Crippen molar-refractivity contribution in [1.82, 2.24) is 10.9 Å². The molecule has 0 fully saturated rings. The number of hydrogen-bond acceptors (Lipinski definition) is 2. The molecule has 0 aliphatic carbocycles. The molecule has 2 N–H and O–H groups in total. The van der Waals surface area contributed by atoms with Gasteiger partial charge in [0.05, 0.1) is 0 Å². The Morgan fingerprint density at radius 3 is 2.43 bits per heavy atom. The fraction of sp³-hybridized carbons (Fsp3) is 0.750. The molecule has 42 valence electrons. The van der Waals surface area contributed by atoms with Gasteiger partial charge >= 0.3 is 0 Å². The second-order valence-electron chi connectivity index (χ2n) is 1.15. The molecular formula is C4H10N2O. The summed E-state index contributed by atoms with van der Waals surface area (Å²) in [6, 6.07) is 0. The van der Waals surface area contributed by atoms with Crippen molar-refractivity contribution in [2.45, 2.75) is 13.3 Å². The van der Waals surface area contributed by atoms with Gasteiger partial charge in [0, 0.05) is 13.5 Å². The van der Waals surface area contributed by atoms with Gasteiger partial charge in [0.15, 0.2) is 0 Å². The Morgan fingerprint density at radius 2 is 2.29 bits per heavy atom. The predicted octanol–water partition coefficient (Wildman–Crippen LogP) is -0.353. The van der Waals surface area contributed by atoms with E-state index in [-0.39, 0.29) is 5.91 Å². The summed E-state index contributed by atoms with van der Waals surface area (Å²) in [6.45, 7) is 1.80. The molecule has 0 aliphatic heterocycles. The van der Waals surface area contributed by atoms with Crippen molar-refractivity contribution in [1.29, 1.82) is 0 Å². The summed E-state index contributed by atoms with van der Waals surface area (Å²) in [5.41, 5.74) is 4.93. The Morgan fingerprint density at radius 1 is 1.71 bits per heavy atom. The average molecular weight is 102 g/mol. The molecule has 0 spiro atoms. The van der Waals surface area contributed by atoms with Gasteiger partial charge in [0.25, 0.3) is 0 Å². The van der Waals surface area contributed by atoms with Gasteiger partial charge in [-0.1, -0.05) is 6.92 Å². The summed E-state index contributed by atoms with van der Waals surface area (Å²) >= 11 is 0. The zero-order valence-corrected chi connectivity index (χ0v) is 4.62. The number of hydrogen-bond donors (Lipinski definition) is 2. The lowest BCUT2D eigenvalue weighted by molar-refractivity contribution is -0.121. The molecule has 0 saturated carbocycles. The van der Waals surface area contributed by atoms with Gasteiger partial charge in [-0.3, -0.25) is 10.2 Å². The molecule has 0 aliphatic rings. The summed E-state index contributed by atoms with van der Waals surface area (Å²) < 4.78 is 0.